The molecule has 2 fully saturated rings. The van der Waals surface area contributed by atoms with E-state index in [2.05, 4.69) is 49.2 Å². The first-order valence-electron chi connectivity index (χ1n) is 11.0. The van der Waals surface area contributed by atoms with Gasteiger partial charge < -0.3 is 20.0 Å². The number of hydrogen-bond acceptors (Lipinski definition) is 6. The van der Waals surface area contributed by atoms with Crippen molar-refractivity contribution in [3.05, 3.63) is 48.4 Å². The molecule has 7 heteroatoms. The van der Waals surface area contributed by atoms with Crippen molar-refractivity contribution < 1.29 is 4.79 Å². The number of carbonyl (C=O) groups excluding carboxylic acids is 1. The fourth-order valence-electron chi connectivity index (χ4n) is 4.18. The molecule has 1 amide bonds. The maximum absolute atomic E-state index is 12.7. The van der Waals surface area contributed by atoms with Gasteiger partial charge in [-0.1, -0.05) is 12.1 Å². The lowest BCUT2D eigenvalue weighted by Crippen LogP contribution is -2.45. The average Bonchev–Trinajstić information content (AvgIpc) is 2.80. The van der Waals surface area contributed by atoms with Crippen LogP contribution >= 0.6 is 0 Å². The Morgan fingerprint density at radius 1 is 1.03 bits per heavy atom. The molecule has 160 valence electrons. The average molecular weight is 409 g/mol. The fourth-order valence-corrected chi connectivity index (χ4v) is 4.18. The molecule has 2 saturated heterocycles. The number of nitrogens with zero attached hydrogens (tertiary/aromatic N) is 5. The van der Waals surface area contributed by atoms with Gasteiger partial charge in [0.1, 0.15) is 5.82 Å². The van der Waals surface area contributed by atoms with Crippen molar-refractivity contribution in [1.82, 2.24) is 19.8 Å². The maximum Gasteiger partial charge on any atom is 0.227 e. The van der Waals surface area contributed by atoms with E-state index in [1.807, 2.05) is 12.1 Å². The number of hydrogen-bond donors (Lipinski definition) is 1. The smallest absolute Gasteiger partial charge is 0.227 e. The van der Waals surface area contributed by atoms with Crippen LogP contribution in [0.2, 0.25) is 0 Å². The summed E-state index contributed by atoms with van der Waals surface area (Å²) in [6, 6.07) is 8.35. The summed E-state index contributed by atoms with van der Waals surface area (Å²) in [4.78, 5) is 28.3. The molecule has 2 aliphatic rings. The zero-order valence-electron chi connectivity index (χ0n) is 17.8. The molecule has 1 aromatic carbocycles. The second kappa shape index (κ2) is 10.00. The Balaban J connectivity index is 1.21. The van der Waals surface area contributed by atoms with Crippen molar-refractivity contribution in [3.8, 4) is 0 Å². The van der Waals surface area contributed by atoms with E-state index in [4.69, 9.17) is 0 Å². The Kier molecular flexibility index (Phi) is 6.92. The van der Waals surface area contributed by atoms with Gasteiger partial charge in [0.25, 0.3) is 0 Å². The molecule has 0 bridgehead atoms. The Bertz CT molecular complexity index is 796. The van der Waals surface area contributed by atoms with Gasteiger partial charge in [-0.15, -0.1) is 0 Å². The molecule has 0 radical (unpaired) electrons. The number of benzene rings is 1. The lowest BCUT2D eigenvalue weighted by molar-refractivity contribution is -0.120. The quantitative estimate of drug-likeness (QED) is 0.790. The van der Waals surface area contributed by atoms with Crippen LogP contribution in [-0.4, -0.2) is 78.5 Å². The summed E-state index contributed by atoms with van der Waals surface area (Å²) in [6.45, 7) is 7.39. The van der Waals surface area contributed by atoms with Gasteiger partial charge in [0, 0.05) is 69.8 Å². The summed E-state index contributed by atoms with van der Waals surface area (Å²) in [7, 11) is 2.19. The second-order valence-corrected chi connectivity index (χ2v) is 8.41. The molecule has 7 nitrogen and oxygen atoms in total. The Hall–Kier alpha value is -2.51. The minimum Gasteiger partial charge on any atom is -0.355 e. The van der Waals surface area contributed by atoms with Crippen LogP contribution in [0.5, 0.6) is 0 Å². The molecule has 0 saturated carbocycles. The molecule has 0 aliphatic carbocycles. The SMILES string of the molecule is CN1CCN(CCc2ccc(NC(=O)C3CCN(c4cnccn4)CC3)cc2)CC1. The number of piperazine rings is 1. The van der Waals surface area contributed by atoms with Gasteiger partial charge in [-0.25, -0.2) is 4.98 Å². The Labute approximate surface area is 179 Å². The van der Waals surface area contributed by atoms with Gasteiger partial charge in [-0.2, -0.15) is 0 Å². The summed E-state index contributed by atoms with van der Waals surface area (Å²) in [5, 5.41) is 3.10. The van der Waals surface area contributed by atoms with Crippen LogP contribution in [0.25, 0.3) is 0 Å². The zero-order chi connectivity index (χ0) is 20.8. The third kappa shape index (κ3) is 5.55. The van der Waals surface area contributed by atoms with Gasteiger partial charge in [-0.3, -0.25) is 9.78 Å². The highest BCUT2D eigenvalue weighted by atomic mass is 16.1. The van der Waals surface area contributed by atoms with Crippen LogP contribution < -0.4 is 10.2 Å². The molecule has 2 aliphatic heterocycles. The lowest BCUT2D eigenvalue weighted by Gasteiger charge is -2.32. The van der Waals surface area contributed by atoms with Crippen molar-refractivity contribution >= 4 is 17.4 Å². The maximum atomic E-state index is 12.7. The third-order valence-corrected chi connectivity index (χ3v) is 6.27. The number of nitrogens with one attached hydrogen (secondary N) is 1. The van der Waals surface area contributed by atoms with Crippen molar-refractivity contribution in [2.45, 2.75) is 19.3 Å². The summed E-state index contributed by atoms with van der Waals surface area (Å²) in [5.41, 5.74) is 2.21. The lowest BCUT2D eigenvalue weighted by atomic mass is 9.96. The topological polar surface area (TPSA) is 64.6 Å². The van der Waals surface area contributed by atoms with E-state index in [9.17, 15) is 4.79 Å². The number of likely N-dealkylation sites (N-methyl/N-ethyl adjacent to an activating group) is 1. The first-order chi connectivity index (χ1) is 14.7. The Morgan fingerprint density at radius 2 is 1.77 bits per heavy atom. The molecular weight excluding hydrogens is 376 g/mol. The minimum absolute atomic E-state index is 0.0508. The predicted octanol–water partition coefficient (Wildman–Crippen LogP) is 2.12. The molecule has 0 unspecified atom stereocenters. The van der Waals surface area contributed by atoms with E-state index in [0.29, 0.717) is 0 Å². The van der Waals surface area contributed by atoms with Gasteiger partial charge in [0.05, 0.1) is 6.20 Å². The molecule has 2 aromatic rings. The fraction of sp³-hybridized carbons (Fsp3) is 0.522. The highest BCUT2D eigenvalue weighted by Gasteiger charge is 2.25. The Morgan fingerprint density at radius 3 is 2.43 bits per heavy atom. The first-order valence-corrected chi connectivity index (χ1v) is 11.0. The third-order valence-electron chi connectivity index (χ3n) is 6.27. The van der Waals surface area contributed by atoms with E-state index in [0.717, 1.165) is 76.6 Å². The van der Waals surface area contributed by atoms with Crippen molar-refractivity contribution in [3.63, 3.8) is 0 Å². The minimum atomic E-state index is 0.0508. The van der Waals surface area contributed by atoms with Gasteiger partial charge in [0.15, 0.2) is 0 Å². The number of rotatable bonds is 6. The predicted molar refractivity (Wildman–Crippen MR) is 120 cm³/mol. The highest BCUT2D eigenvalue weighted by molar-refractivity contribution is 5.92. The largest absolute Gasteiger partial charge is 0.355 e. The molecule has 30 heavy (non-hydrogen) atoms. The standard InChI is InChI=1S/C23H32N6O/c1-27-14-16-28(17-15-27)11-6-19-2-4-21(5-3-19)26-23(30)20-7-12-29(13-8-20)22-18-24-9-10-25-22/h2-5,9-10,18,20H,6-8,11-17H2,1H3,(H,26,30). The van der Waals surface area contributed by atoms with E-state index in [1.165, 1.54) is 5.56 Å². The monoisotopic (exact) mass is 408 g/mol. The molecule has 0 atom stereocenters. The van der Waals surface area contributed by atoms with Crippen molar-refractivity contribution in [2.24, 2.45) is 5.92 Å². The zero-order valence-corrected chi connectivity index (χ0v) is 17.8. The number of aromatic nitrogens is 2. The summed E-state index contributed by atoms with van der Waals surface area (Å²) in [5.74, 6) is 1.07. The van der Waals surface area contributed by atoms with Crippen molar-refractivity contribution in [1.29, 1.82) is 0 Å². The highest BCUT2D eigenvalue weighted by Crippen LogP contribution is 2.22. The van der Waals surface area contributed by atoms with Crippen LogP contribution in [0.3, 0.4) is 0 Å². The van der Waals surface area contributed by atoms with Crippen molar-refractivity contribution in [2.75, 3.05) is 63.1 Å². The van der Waals surface area contributed by atoms with E-state index < -0.39 is 0 Å². The number of anilines is 2. The molecule has 3 heterocycles. The molecule has 1 aromatic heterocycles. The van der Waals surface area contributed by atoms with E-state index in [-0.39, 0.29) is 11.8 Å². The van der Waals surface area contributed by atoms with Gasteiger partial charge >= 0.3 is 0 Å². The molecule has 1 N–H and O–H groups in total. The number of piperidine rings is 1. The summed E-state index contributed by atoms with van der Waals surface area (Å²) in [6.07, 6.45) is 7.91. The number of amides is 1. The number of carbonyl (C=O) groups is 1. The normalized spacial score (nSPS) is 19.0. The van der Waals surface area contributed by atoms with Crippen LogP contribution in [0.1, 0.15) is 18.4 Å². The van der Waals surface area contributed by atoms with Crippen LogP contribution in [0.15, 0.2) is 42.9 Å². The van der Waals surface area contributed by atoms with Gasteiger partial charge in [-0.05, 0) is 44.0 Å². The first kappa shape index (κ1) is 20.8. The van der Waals surface area contributed by atoms with Gasteiger partial charge in [0.2, 0.25) is 5.91 Å². The second-order valence-electron chi connectivity index (χ2n) is 8.41. The van der Waals surface area contributed by atoms with Crippen LogP contribution in [0, 0.1) is 5.92 Å². The van der Waals surface area contributed by atoms with E-state index >= 15 is 0 Å². The molecule has 4 rings (SSSR count). The van der Waals surface area contributed by atoms with E-state index in [1.54, 1.807) is 18.6 Å². The molecule has 0 spiro atoms. The molecular formula is C23H32N6O. The van der Waals surface area contributed by atoms with Crippen LogP contribution in [0.4, 0.5) is 11.5 Å². The van der Waals surface area contributed by atoms with Crippen LogP contribution in [-0.2, 0) is 11.2 Å². The summed E-state index contributed by atoms with van der Waals surface area (Å²) < 4.78 is 0. The summed E-state index contributed by atoms with van der Waals surface area (Å²) >= 11 is 0.